The van der Waals surface area contributed by atoms with E-state index < -0.39 is 0 Å². The van der Waals surface area contributed by atoms with E-state index in [1.807, 2.05) is 43.4 Å². The fourth-order valence-electron chi connectivity index (χ4n) is 2.22. The van der Waals surface area contributed by atoms with Gasteiger partial charge in [0, 0.05) is 23.5 Å². The van der Waals surface area contributed by atoms with Gasteiger partial charge in [-0.1, -0.05) is 30.9 Å². The third kappa shape index (κ3) is 3.08. The van der Waals surface area contributed by atoms with Gasteiger partial charge in [-0.05, 0) is 25.7 Å². The van der Waals surface area contributed by atoms with Crippen molar-refractivity contribution < 1.29 is 9.53 Å². The van der Waals surface area contributed by atoms with Crippen LogP contribution < -0.4 is 0 Å². The van der Waals surface area contributed by atoms with E-state index in [1.165, 1.54) is 0 Å². The molecule has 1 N–H and O–H groups in total. The molecule has 2 rings (SSSR count). The van der Waals surface area contributed by atoms with Crippen LogP contribution in [0.25, 0.3) is 10.9 Å². The molecule has 1 aromatic carbocycles. The van der Waals surface area contributed by atoms with Crippen molar-refractivity contribution in [3.8, 4) is 0 Å². The second-order valence-electron chi connectivity index (χ2n) is 4.96. The minimum absolute atomic E-state index is 0.222. The van der Waals surface area contributed by atoms with Gasteiger partial charge in [-0.25, -0.2) is 0 Å². The Bertz CT molecular complexity index is 601. The summed E-state index contributed by atoms with van der Waals surface area (Å²) in [6.07, 6.45) is 4.16. The van der Waals surface area contributed by atoms with Crippen molar-refractivity contribution in [1.29, 1.82) is 0 Å². The summed E-state index contributed by atoms with van der Waals surface area (Å²) in [4.78, 5) is 17.2. The van der Waals surface area contributed by atoms with E-state index in [9.17, 15) is 4.79 Å². The van der Waals surface area contributed by atoms with E-state index in [0.717, 1.165) is 16.5 Å². The van der Waals surface area contributed by atoms with E-state index in [4.69, 9.17) is 4.74 Å². The normalized spacial score (nSPS) is 12.6. The molecule has 106 valence electrons. The lowest BCUT2D eigenvalue weighted by molar-refractivity contribution is -0.147. The highest BCUT2D eigenvalue weighted by molar-refractivity contribution is 5.84. The Labute approximate surface area is 119 Å². The number of ether oxygens (including phenoxy) is 1. The first-order valence-electron chi connectivity index (χ1n) is 6.62. The topological polar surface area (TPSA) is 45.3 Å². The molecule has 0 spiro atoms. The summed E-state index contributed by atoms with van der Waals surface area (Å²) in [5.74, 6) is -0.222. The second kappa shape index (κ2) is 6.39. The molecule has 1 atom stereocenters. The fraction of sp³-hybridized carbons (Fsp3) is 0.312. The number of para-hydroxylation sites is 1. The molecule has 4 nitrogen and oxygen atoms in total. The summed E-state index contributed by atoms with van der Waals surface area (Å²) in [5, 5.41) is 1.15. The fourth-order valence-corrected chi connectivity index (χ4v) is 2.22. The number of H-pyrrole nitrogens is 1. The number of hydrogen-bond acceptors (Lipinski definition) is 3. The first-order valence-corrected chi connectivity index (χ1v) is 6.62. The van der Waals surface area contributed by atoms with Crippen LogP contribution in [0.15, 0.2) is 43.1 Å². The van der Waals surface area contributed by atoms with Crippen LogP contribution in [0, 0.1) is 0 Å². The summed E-state index contributed by atoms with van der Waals surface area (Å²) >= 11 is 0. The predicted molar refractivity (Wildman–Crippen MR) is 80.6 cm³/mol. The monoisotopic (exact) mass is 272 g/mol. The van der Waals surface area contributed by atoms with Crippen LogP contribution in [0.2, 0.25) is 0 Å². The summed E-state index contributed by atoms with van der Waals surface area (Å²) in [7, 11) is 3.77. The molecule has 1 heterocycles. The zero-order valence-electron chi connectivity index (χ0n) is 11.9. The van der Waals surface area contributed by atoms with Gasteiger partial charge in [-0.3, -0.25) is 9.69 Å². The smallest absolute Gasteiger partial charge is 0.323 e. The Kier molecular flexibility index (Phi) is 4.58. The number of carbonyl (C=O) groups excluding carboxylic acids is 1. The van der Waals surface area contributed by atoms with Gasteiger partial charge in [-0.2, -0.15) is 0 Å². The molecule has 0 aliphatic carbocycles. The molecule has 0 saturated carbocycles. The Morgan fingerprint density at radius 3 is 2.90 bits per heavy atom. The number of esters is 1. The lowest BCUT2D eigenvalue weighted by atomic mass is 10.0. The van der Waals surface area contributed by atoms with E-state index in [1.54, 1.807) is 6.08 Å². The molecule has 0 bridgehead atoms. The van der Waals surface area contributed by atoms with Crippen LogP contribution in [0.1, 0.15) is 5.56 Å². The number of hydrogen-bond donors (Lipinski definition) is 1. The van der Waals surface area contributed by atoms with Crippen molar-refractivity contribution in [2.45, 2.75) is 12.5 Å². The van der Waals surface area contributed by atoms with Crippen molar-refractivity contribution >= 4 is 16.9 Å². The van der Waals surface area contributed by atoms with Crippen LogP contribution in [0.5, 0.6) is 0 Å². The highest BCUT2D eigenvalue weighted by Gasteiger charge is 2.23. The molecule has 0 saturated heterocycles. The van der Waals surface area contributed by atoms with Gasteiger partial charge in [0.1, 0.15) is 12.6 Å². The molecular formula is C16H20N2O2. The van der Waals surface area contributed by atoms with Crippen LogP contribution in [0.4, 0.5) is 0 Å². The van der Waals surface area contributed by atoms with E-state index >= 15 is 0 Å². The molecule has 20 heavy (non-hydrogen) atoms. The Balaban J connectivity index is 2.19. The Hall–Kier alpha value is -2.07. The van der Waals surface area contributed by atoms with Crippen molar-refractivity contribution in [3.63, 3.8) is 0 Å². The van der Waals surface area contributed by atoms with Gasteiger partial charge in [0.2, 0.25) is 0 Å². The summed E-state index contributed by atoms with van der Waals surface area (Å²) in [5.41, 5.74) is 2.20. The average Bonchev–Trinajstić information content (AvgIpc) is 2.85. The zero-order chi connectivity index (χ0) is 14.5. The number of nitrogens with one attached hydrogen (secondary N) is 1. The van der Waals surface area contributed by atoms with Crippen LogP contribution in [-0.2, 0) is 16.0 Å². The number of nitrogens with zero attached hydrogens (tertiary/aromatic N) is 1. The molecule has 0 radical (unpaired) electrons. The molecule has 4 heteroatoms. The first-order chi connectivity index (χ1) is 9.63. The van der Waals surface area contributed by atoms with Crippen LogP contribution in [0.3, 0.4) is 0 Å². The second-order valence-corrected chi connectivity index (χ2v) is 4.96. The maximum Gasteiger partial charge on any atom is 0.323 e. The van der Waals surface area contributed by atoms with Crippen molar-refractivity contribution in [1.82, 2.24) is 9.88 Å². The molecule has 0 aliphatic rings. The highest BCUT2D eigenvalue weighted by Crippen LogP contribution is 2.20. The maximum absolute atomic E-state index is 12.1. The van der Waals surface area contributed by atoms with Gasteiger partial charge in [0.05, 0.1) is 0 Å². The maximum atomic E-state index is 12.1. The largest absolute Gasteiger partial charge is 0.460 e. The van der Waals surface area contributed by atoms with Crippen molar-refractivity contribution in [2.75, 3.05) is 20.7 Å². The molecular weight excluding hydrogens is 252 g/mol. The number of rotatable bonds is 6. The van der Waals surface area contributed by atoms with Gasteiger partial charge in [0.25, 0.3) is 0 Å². The predicted octanol–water partition coefficient (Wildman–Crippen LogP) is 2.37. The number of benzene rings is 1. The SMILES string of the molecule is C=CCOC(=O)[C@H](Cc1c[nH]c2ccccc12)N(C)C. The average molecular weight is 272 g/mol. The van der Waals surface area contributed by atoms with Crippen molar-refractivity contribution in [2.24, 2.45) is 0 Å². The number of fused-ring (bicyclic) bond motifs is 1. The van der Waals surface area contributed by atoms with E-state index in [0.29, 0.717) is 6.42 Å². The third-order valence-electron chi connectivity index (χ3n) is 3.33. The standard InChI is InChI=1S/C16H20N2O2/c1-4-9-20-16(19)15(18(2)3)10-12-11-17-14-8-6-5-7-13(12)14/h4-8,11,15,17H,1,9-10H2,2-3H3/t15-/m0/s1. The molecule has 0 unspecified atom stereocenters. The van der Waals surface area contributed by atoms with Crippen LogP contribution >= 0.6 is 0 Å². The summed E-state index contributed by atoms with van der Waals surface area (Å²) in [6.45, 7) is 3.80. The van der Waals surface area contributed by atoms with Gasteiger partial charge in [-0.15, -0.1) is 0 Å². The van der Waals surface area contributed by atoms with E-state index in [2.05, 4.69) is 17.6 Å². The molecule has 0 fully saturated rings. The number of aromatic nitrogens is 1. The minimum atomic E-state index is -0.297. The number of carbonyl (C=O) groups is 1. The number of aromatic amines is 1. The highest BCUT2D eigenvalue weighted by atomic mass is 16.5. The molecule has 0 amide bonds. The quantitative estimate of drug-likeness (QED) is 0.648. The van der Waals surface area contributed by atoms with Gasteiger partial charge in [0.15, 0.2) is 0 Å². The third-order valence-corrected chi connectivity index (χ3v) is 3.33. The Morgan fingerprint density at radius 1 is 1.45 bits per heavy atom. The Morgan fingerprint density at radius 2 is 2.20 bits per heavy atom. The number of likely N-dealkylation sites (N-methyl/N-ethyl adjacent to an activating group) is 1. The lowest BCUT2D eigenvalue weighted by Gasteiger charge is -2.22. The molecule has 0 aliphatic heterocycles. The first kappa shape index (κ1) is 14.3. The molecule has 2 aromatic rings. The lowest BCUT2D eigenvalue weighted by Crippen LogP contribution is -2.39. The van der Waals surface area contributed by atoms with Gasteiger partial charge < -0.3 is 9.72 Å². The zero-order valence-corrected chi connectivity index (χ0v) is 11.9. The minimum Gasteiger partial charge on any atom is -0.460 e. The molecule has 1 aromatic heterocycles. The van der Waals surface area contributed by atoms with Gasteiger partial charge >= 0.3 is 5.97 Å². The van der Waals surface area contributed by atoms with Crippen molar-refractivity contribution in [3.05, 3.63) is 48.7 Å². The summed E-state index contributed by atoms with van der Waals surface area (Å²) < 4.78 is 5.17. The summed E-state index contributed by atoms with van der Waals surface area (Å²) in [6, 6.07) is 7.78. The van der Waals surface area contributed by atoms with E-state index in [-0.39, 0.29) is 18.6 Å². The van der Waals surface area contributed by atoms with Crippen LogP contribution in [-0.4, -0.2) is 42.6 Å².